The molecule has 1 aromatic heterocycles. The zero-order valence-corrected chi connectivity index (χ0v) is 14.3. The number of hydrogen-bond acceptors (Lipinski definition) is 5. The van der Waals surface area contributed by atoms with Crippen molar-refractivity contribution in [3.8, 4) is 17.1 Å². The van der Waals surface area contributed by atoms with Crippen LogP contribution in [0.2, 0.25) is 0 Å². The molecule has 0 saturated carbocycles. The average molecular weight is 338 g/mol. The zero-order valence-electron chi connectivity index (χ0n) is 14.3. The lowest BCUT2D eigenvalue weighted by atomic mass is 10.0. The number of fused-ring (bicyclic) bond motifs is 1. The first kappa shape index (κ1) is 16.8. The van der Waals surface area contributed by atoms with E-state index in [2.05, 4.69) is 4.74 Å². The SMILES string of the molecule is COC(=O)COc1c(-c2ccccc2)oc2cc(C)c(C)cc2c1=O. The molecule has 2 aromatic carbocycles. The predicted octanol–water partition coefficient (Wildman–Crippen LogP) is 3.63. The summed E-state index contributed by atoms with van der Waals surface area (Å²) in [4.78, 5) is 24.4. The van der Waals surface area contributed by atoms with E-state index in [1.54, 1.807) is 6.07 Å². The maximum Gasteiger partial charge on any atom is 0.343 e. The Bertz CT molecular complexity index is 986. The van der Waals surface area contributed by atoms with E-state index in [1.807, 2.05) is 50.2 Å². The molecule has 0 aliphatic rings. The first-order valence-electron chi connectivity index (χ1n) is 7.84. The Hall–Kier alpha value is -3.08. The monoisotopic (exact) mass is 338 g/mol. The molecule has 0 bridgehead atoms. The minimum absolute atomic E-state index is 0.00681. The lowest BCUT2D eigenvalue weighted by Gasteiger charge is -2.12. The van der Waals surface area contributed by atoms with Gasteiger partial charge >= 0.3 is 5.97 Å². The van der Waals surface area contributed by atoms with Crippen molar-refractivity contribution in [3.63, 3.8) is 0 Å². The Balaban J connectivity index is 2.25. The average Bonchev–Trinajstić information content (AvgIpc) is 2.63. The normalized spacial score (nSPS) is 10.7. The summed E-state index contributed by atoms with van der Waals surface area (Å²) in [5, 5.41) is 0.419. The topological polar surface area (TPSA) is 65.7 Å². The van der Waals surface area contributed by atoms with Gasteiger partial charge in [0.1, 0.15) is 5.58 Å². The van der Waals surface area contributed by atoms with E-state index in [4.69, 9.17) is 9.15 Å². The lowest BCUT2D eigenvalue weighted by molar-refractivity contribution is -0.142. The van der Waals surface area contributed by atoms with Gasteiger partial charge in [0.05, 0.1) is 12.5 Å². The highest BCUT2D eigenvalue weighted by Gasteiger charge is 2.19. The third kappa shape index (κ3) is 3.26. The Morgan fingerprint density at radius 2 is 1.76 bits per heavy atom. The van der Waals surface area contributed by atoms with Gasteiger partial charge in [0.25, 0.3) is 0 Å². The smallest absolute Gasteiger partial charge is 0.343 e. The van der Waals surface area contributed by atoms with Crippen molar-refractivity contribution in [2.75, 3.05) is 13.7 Å². The first-order chi connectivity index (χ1) is 12.0. The number of esters is 1. The summed E-state index contributed by atoms with van der Waals surface area (Å²) in [6.07, 6.45) is 0. The van der Waals surface area contributed by atoms with Gasteiger partial charge in [-0.15, -0.1) is 0 Å². The molecule has 0 saturated heterocycles. The predicted molar refractivity (Wildman–Crippen MR) is 94.9 cm³/mol. The van der Waals surface area contributed by atoms with Crippen molar-refractivity contribution >= 4 is 16.9 Å². The fourth-order valence-electron chi connectivity index (χ4n) is 2.53. The number of methoxy groups -OCH3 is 1. The standard InChI is InChI=1S/C20H18O5/c1-12-9-15-16(10-13(12)2)25-19(14-7-5-4-6-8-14)20(18(15)22)24-11-17(21)23-3/h4-10H,11H2,1-3H3. The number of hydrogen-bond donors (Lipinski definition) is 0. The van der Waals surface area contributed by atoms with E-state index in [1.165, 1.54) is 7.11 Å². The van der Waals surface area contributed by atoms with E-state index in [9.17, 15) is 9.59 Å². The third-order valence-corrected chi connectivity index (χ3v) is 4.06. The minimum Gasteiger partial charge on any atom is -0.474 e. The summed E-state index contributed by atoms with van der Waals surface area (Å²) in [5.74, 6) is -0.267. The highest BCUT2D eigenvalue weighted by molar-refractivity contribution is 5.83. The number of carbonyl (C=O) groups is 1. The molecule has 0 radical (unpaired) electrons. The van der Waals surface area contributed by atoms with Gasteiger partial charge in [0.2, 0.25) is 11.2 Å². The van der Waals surface area contributed by atoms with Crippen LogP contribution in [0.5, 0.6) is 5.75 Å². The van der Waals surface area contributed by atoms with E-state index in [-0.39, 0.29) is 17.8 Å². The van der Waals surface area contributed by atoms with Gasteiger partial charge in [0.15, 0.2) is 12.4 Å². The summed E-state index contributed by atoms with van der Waals surface area (Å²) in [6, 6.07) is 12.8. The lowest BCUT2D eigenvalue weighted by Crippen LogP contribution is -2.17. The van der Waals surface area contributed by atoms with Crippen LogP contribution in [0, 0.1) is 13.8 Å². The summed E-state index contributed by atoms with van der Waals surface area (Å²) in [6.45, 7) is 3.52. The van der Waals surface area contributed by atoms with Crippen LogP contribution in [0.1, 0.15) is 11.1 Å². The fraction of sp³-hybridized carbons (Fsp3) is 0.200. The summed E-state index contributed by atoms with van der Waals surface area (Å²) in [7, 11) is 1.26. The van der Waals surface area contributed by atoms with Crippen LogP contribution in [0.4, 0.5) is 0 Å². The van der Waals surface area contributed by atoms with Gasteiger partial charge in [-0.1, -0.05) is 30.3 Å². The number of rotatable bonds is 4. The maximum atomic E-state index is 12.9. The van der Waals surface area contributed by atoms with Crippen LogP contribution in [-0.4, -0.2) is 19.7 Å². The van der Waals surface area contributed by atoms with Crippen LogP contribution in [0.15, 0.2) is 51.7 Å². The summed E-state index contributed by atoms with van der Waals surface area (Å²) >= 11 is 0. The summed E-state index contributed by atoms with van der Waals surface area (Å²) in [5.41, 5.74) is 2.87. The molecule has 0 unspecified atom stereocenters. The molecule has 3 rings (SSSR count). The van der Waals surface area contributed by atoms with Crippen LogP contribution in [0.3, 0.4) is 0 Å². The summed E-state index contributed by atoms with van der Waals surface area (Å²) < 4.78 is 16.0. The molecular formula is C20H18O5. The van der Waals surface area contributed by atoms with Gasteiger partial charge in [-0.2, -0.15) is 0 Å². The zero-order chi connectivity index (χ0) is 18.0. The van der Waals surface area contributed by atoms with E-state index in [0.717, 1.165) is 11.1 Å². The molecule has 0 amide bonds. The van der Waals surface area contributed by atoms with Crippen LogP contribution < -0.4 is 10.2 Å². The van der Waals surface area contributed by atoms with E-state index >= 15 is 0 Å². The Morgan fingerprint density at radius 1 is 1.08 bits per heavy atom. The van der Waals surface area contributed by atoms with E-state index < -0.39 is 5.97 Å². The van der Waals surface area contributed by atoms with Crippen LogP contribution in [0.25, 0.3) is 22.3 Å². The second kappa shape index (κ2) is 6.81. The molecule has 25 heavy (non-hydrogen) atoms. The highest BCUT2D eigenvalue weighted by atomic mass is 16.6. The fourth-order valence-corrected chi connectivity index (χ4v) is 2.53. The van der Waals surface area contributed by atoms with Crippen molar-refractivity contribution in [3.05, 3.63) is 63.8 Å². The number of carbonyl (C=O) groups excluding carboxylic acids is 1. The van der Waals surface area contributed by atoms with Gasteiger partial charge < -0.3 is 13.9 Å². The molecule has 5 heteroatoms. The highest BCUT2D eigenvalue weighted by Crippen LogP contribution is 2.31. The maximum absolute atomic E-state index is 12.9. The molecule has 0 aliphatic carbocycles. The quantitative estimate of drug-likeness (QED) is 0.680. The van der Waals surface area contributed by atoms with Gasteiger partial charge in [-0.05, 0) is 37.1 Å². The molecule has 128 valence electrons. The van der Waals surface area contributed by atoms with E-state index in [0.29, 0.717) is 22.3 Å². The molecular weight excluding hydrogens is 320 g/mol. The number of ether oxygens (including phenoxy) is 2. The number of aryl methyl sites for hydroxylation is 2. The van der Waals surface area contributed by atoms with Crippen LogP contribution >= 0.6 is 0 Å². The van der Waals surface area contributed by atoms with Gasteiger partial charge in [-0.25, -0.2) is 4.79 Å². The molecule has 0 fully saturated rings. The molecule has 0 spiro atoms. The van der Waals surface area contributed by atoms with Gasteiger partial charge in [-0.3, -0.25) is 4.79 Å². The first-order valence-corrected chi connectivity index (χ1v) is 7.84. The van der Waals surface area contributed by atoms with Crippen molar-refractivity contribution < 1.29 is 18.7 Å². The van der Waals surface area contributed by atoms with Gasteiger partial charge in [0, 0.05) is 5.56 Å². The second-order valence-electron chi connectivity index (χ2n) is 5.75. The van der Waals surface area contributed by atoms with Crippen LogP contribution in [-0.2, 0) is 9.53 Å². The molecule has 5 nitrogen and oxygen atoms in total. The largest absolute Gasteiger partial charge is 0.474 e. The Morgan fingerprint density at radius 3 is 2.44 bits per heavy atom. The second-order valence-corrected chi connectivity index (χ2v) is 5.75. The van der Waals surface area contributed by atoms with Crippen molar-refractivity contribution in [2.45, 2.75) is 13.8 Å². The Kier molecular flexibility index (Phi) is 4.57. The molecule has 0 atom stereocenters. The molecule has 1 heterocycles. The number of benzene rings is 2. The molecule has 3 aromatic rings. The van der Waals surface area contributed by atoms with Crippen molar-refractivity contribution in [1.29, 1.82) is 0 Å². The Labute approximate surface area is 144 Å². The van der Waals surface area contributed by atoms with Crippen molar-refractivity contribution in [2.24, 2.45) is 0 Å². The van der Waals surface area contributed by atoms with Crippen molar-refractivity contribution in [1.82, 2.24) is 0 Å². The molecule has 0 N–H and O–H groups in total. The molecule has 0 aliphatic heterocycles. The minimum atomic E-state index is -0.571. The third-order valence-electron chi connectivity index (χ3n) is 4.06.